The fourth-order valence-electron chi connectivity index (χ4n) is 1.67. The number of halogens is 4. The first-order valence-electron chi connectivity index (χ1n) is 5.50. The number of anilines is 1. The third-order valence-corrected chi connectivity index (χ3v) is 3.74. The van der Waals surface area contributed by atoms with E-state index in [4.69, 9.17) is 11.6 Å². The lowest BCUT2D eigenvalue weighted by Crippen LogP contribution is -2.09. The minimum atomic E-state index is -0.472. The Bertz CT molecular complexity index is 607. The predicted molar refractivity (Wildman–Crippen MR) is 75.3 cm³/mol. The Morgan fingerprint density at radius 2 is 2.05 bits per heavy atom. The minimum Gasteiger partial charge on any atom is -0.377 e. The number of aromatic nitrogens is 1. The normalized spacial score (nSPS) is 12.3. The molecule has 1 aromatic heterocycles. The summed E-state index contributed by atoms with van der Waals surface area (Å²) in [4.78, 5) is 3.95. The molecule has 2 aromatic rings. The van der Waals surface area contributed by atoms with Crippen LogP contribution >= 0.6 is 27.5 Å². The van der Waals surface area contributed by atoms with Crippen molar-refractivity contribution in [2.75, 3.05) is 5.32 Å². The lowest BCUT2D eigenvalue weighted by Gasteiger charge is -2.16. The van der Waals surface area contributed by atoms with Gasteiger partial charge in [0.2, 0.25) is 0 Å². The first-order valence-corrected chi connectivity index (χ1v) is 6.67. The molecule has 2 nitrogen and oxygen atoms in total. The van der Waals surface area contributed by atoms with Gasteiger partial charge in [-0.25, -0.2) is 13.8 Å². The Hall–Kier alpha value is -1.20. The van der Waals surface area contributed by atoms with Crippen LogP contribution in [0.15, 0.2) is 34.9 Å². The van der Waals surface area contributed by atoms with Crippen molar-refractivity contribution >= 4 is 33.2 Å². The molecule has 0 amide bonds. The first kappa shape index (κ1) is 14.2. The summed E-state index contributed by atoms with van der Waals surface area (Å²) >= 11 is 9.03. The summed E-state index contributed by atoms with van der Waals surface area (Å²) in [5.74, 6) is -0.928. The van der Waals surface area contributed by atoms with Crippen molar-refractivity contribution < 1.29 is 8.78 Å². The molecular formula is C13H10BrClF2N2. The molecule has 0 aliphatic carbocycles. The largest absolute Gasteiger partial charge is 0.377 e. The summed E-state index contributed by atoms with van der Waals surface area (Å²) in [6.07, 6.45) is 1.53. The van der Waals surface area contributed by atoms with Crippen molar-refractivity contribution in [2.24, 2.45) is 0 Å². The van der Waals surface area contributed by atoms with Crippen LogP contribution in [0, 0.1) is 11.6 Å². The van der Waals surface area contributed by atoms with Crippen LogP contribution in [0.4, 0.5) is 14.5 Å². The highest BCUT2D eigenvalue weighted by Crippen LogP contribution is 2.26. The van der Waals surface area contributed by atoms with Gasteiger partial charge in [-0.3, -0.25) is 0 Å². The summed E-state index contributed by atoms with van der Waals surface area (Å²) in [7, 11) is 0. The van der Waals surface area contributed by atoms with Crippen molar-refractivity contribution in [3.8, 4) is 0 Å². The molecule has 1 atom stereocenters. The van der Waals surface area contributed by atoms with E-state index in [0.717, 1.165) is 12.1 Å². The molecular weight excluding hydrogens is 338 g/mol. The minimum absolute atomic E-state index is 0.256. The molecule has 100 valence electrons. The third kappa shape index (κ3) is 3.42. The lowest BCUT2D eigenvalue weighted by molar-refractivity contribution is 0.577. The fraction of sp³-hybridized carbons (Fsp3) is 0.154. The molecule has 0 saturated carbocycles. The van der Waals surface area contributed by atoms with E-state index < -0.39 is 17.7 Å². The molecule has 0 radical (unpaired) electrons. The van der Waals surface area contributed by atoms with E-state index >= 15 is 0 Å². The van der Waals surface area contributed by atoms with Gasteiger partial charge >= 0.3 is 0 Å². The Morgan fingerprint density at radius 1 is 1.32 bits per heavy atom. The van der Waals surface area contributed by atoms with Gasteiger partial charge in [-0.1, -0.05) is 11.6 Å². The monoisotopic (exact) mass is 346 g/mol. The standard InChI is InChI=1S/C13H10BrClF2N2/c1-7(10-4-8(16)2-3-12(10)17)19-9-5-11(14)13(15)18-6-9/h2-7,19H,1H3. The van der Waals surface area contributed by atoms with E-state index in [2.05, 4.69) is 26.2 Å². The highest BCUT2D eigenvalue weighted by molar-refractivity contribution is 9.10. The first-order chi connectivity index (χ1) is 8.97. The number of nitrogens with one attached hydrogen (secondary N) is 1. The Labute approximate surface area is 122 Å². The summed E-state index contributed by atoms with van der Waals surface area (Å²) in [6.45, 7) is 1.74. The molecule has 0 spiro atoms. The molecule has 0 fully saturated rings. The van der Waals surface area contributed by atoms with Crippen LogP contribution in [-0.2, 0) is 0 Å². The zero-order valence-electron chi connectivity index (χ0n) is 9.92. The van der Waals surface area contributed by atoms with E-state index in [-0.39, 0.29) is 5.56 Å². The summed E-state index contributed by atoms with van der Waals surface area (Å²) in [5, 5.41) is 3.38. The number of nitrogens with zero attached hydrogens (tertiary/aromatic N) is 1. The van der Waals surface area contributed by atoms with Crippen LogP contribution in [0.1, 0.15) is 18.5 Å². The molecule has 1 heterocycles. The Kier molecular flexibility index (Phi) is 4.37. The zero-order chi connectivity index (χ0) is 14.0. The van der Waals surface area contributed by atoms with Gasteiger partial charge in [-0.15, -0.1) is 0 Å². The Morgan fingerprint density at radius 3 is 2.74 bits per heavy atom. The maximum Gasteiger partial charge on any atom is 0.143 e. The van der Waals surface area contributed by atoms with Crippen molar-refractivity contribution in [1.82, 2.24) is 4.98 Å². The molecule has 0 saturated heterocycles. The fourth-order valence-corrected chi connectivity index (χ4v) is 2.13. The molecule has 19 heavy (non-hydrogen) atoms. The second kappa shape index (κ2) is 5.84. The van der Waals surface area contributed by atoms with Crippen LogP contribution in [0.2, 0.25) is 5.15 Å². The smallest absolute Gasteiger partial charge is 0.143 e. The van der Waals surface area contributed by atoms with Gasteiger partial charge in [-0.2, -0.15) is 0 Å². The summed E-state index contributed by atoms with van der Waals surface area (Å²) < 4.78 is 27.4. The molecule has 0 bridgehead atoms. The number of hydrogen-bond donors (Lipinski definition) is 1. The van der Waals surface area contributed by atoms with Gasteiger partial charge in [0.1, 0.15) is 16.8 Å². The van der Waals surface area contributed by atoms with Crippen molar-refractivity contribution in [3.05, 3.63) is 57.3 Å². The molecule has 1 N–H and O–H groups in total. The number of hydrogen-bond acceptors (Lipinski definition) is 2. The van der Waals surface area contributed by atoms with Gasteiger partial charge < -0.3 is 5.32 Å². The molecule has 1 unspecified atom stereocenters. The van der Waals surface area contributed by atoms with Gasteiger partial charge in [0.05, 0.1) is 22.4 Å². The van der Waals surface area contributed by atoms with Crippen LogP contribution in [-0.4, -0.2) is 4.98 Å². The van der Waals surface area contributed by atoms with Crippen molar-refractivity contribution in [1.29, 1.82) is 0 Å². The highest BCUT2D eigenvalue weighted by atomic mass is 79.9. The average molecular weight is 348 g/mol. The lowest BCUT2D eigenvalue weighted by atomic mass is 10.1. The number of rotatable bonds is 3. The SMILES string of the molecule is CC(Nc1cnc(Cl)c(Br)c1)c1cc(F)ccc1F. The summed E-state index contributed by atoms with van der Waals surface area (Å²) in [5.41, 5.74) is 0.915. The molecule has 1 aromatic carbocycles. The quantitative estimate of drug-likeness (QED) is 0.795. The van der Waals surface area contributed by atoms with Gasteiger partial charge in [0.15, 0.2) is 0 Å². The number of benzene rings is 1. The van der Waals surface area contributed by atoms with Gasteiger partial charge in [0, 0.05) is 5.56 Å². The van der Waals surface area contributed by atoms with Crippen LogP contribution < -0.4 is 5.32 Å². The van der Waals surface area contributed by atoms with Crippen molar-refractivity contribution in [2.45, 2.75) is 13.0 Å². The van der Waals surface area contributed by atoms with E-state index in [1.807, 2.05) is 0 Å². The molecule has 2 rings (SSSR count). The van der Waals surface area contributed by atoms with E-state index in [0.29, 0.717) is 15.3 Å². The summed E-state index contributed by atoms with van der Waals surface area (Å²) in [6, 6.07) is 4.70. The van der Waals surface area contributed by atoms with E-state index in [1.165, 1.54) is 12.3 Å². The highest BCUT2D eigenvalue weighted by Gasteiger charge is 2.12. The van der Waals surface area contributed by atoms with E-state index in [1.54, 1.807) is 13.0 Å². The molecule has 0 aliphatic heterocycles. The van der Waals surface area contributed by atoms with Gasteiger partial charge in [0.25, 0.3) is 0 Å². The predicted octanol–water partition coefficient (Wildman–Crippen LogP) is 4.95. The third-order valence-electron chi connectivity index (χ3n) is 2.60. The second-order valence-corrected chi connectivity index (χ2v) is 5.24. The maximum atomic E-state index is 13.6. The molecule has 6 heteroatoms. The average Bonchev–Trinajstić information content (AvgIpc) is 2.36. The van der Waals surface area contributed by atoms with E-state index in [9.17, 15) is 8.78 Å². The molecule has 0 aliphatic rings. The number of pyridine rings is 1. The van der Waals surface area contributed by atoms with Gasteiger partial charge in [-0.05, 0) is 47.1 Å². The van der Waals surface area contributed by atoms with Crippen LogP contribution in [0.5, 0.6) is 0 Å². The van der Waals surface area contributed by atoms with Crippen LogP contribution in [0.3, 0.4) is 0 Å². The topological polar surface area (TPSA) is 24.9 Å². The maximum absolute atomic E-state index is 13.6. The van der Waals surface area contributed by atoms with Crippen LogP contribution in [0.25, 0.3) is 0 Å². The zero-order valence-corrected chi connectivity index (χ0v) is 12.3. The second-order valence-electron chi connectivity index (χ2n) is 4.03. The Balaban J connectivity index is 2.22. The van der Waals surface area contributed by atoms with Crippen molar-refractivity contribution in [3.63, 3.8) is 0 Å².